The standard InChI is InChI=1S/C20H30O4/c1-12-10-19-11-20(12,24)8-5-13(19)17(2)6-4-7-18(3,16(22)23)14(17)9-15(19)21/h13-15,21,24H,1,4-11H2,2-3H3,(H,22,23)/t13-,14-,15+,17-,18+,19-,20-/m0/s1. The number of aliphatic hydroxyl groups excluding tert-OH is 1. The molecule has 4 fully saturated rings. The van der Waals surface area contributed by atoms with Gasteiger partial charge in [0.05, 0.1) is 17.1 Å². The summed E-state index contributed by atoms with van der Waals surface area (Å²) in [6.45, 7) is 8.27. The lowest BCUT2D eigenvalue weighted by atomic mass is 9.40. The first kappa shape index (κ1) is 16.6. The molecule has 4 nitrogen and oxygen atoms in total. The normalized spacial score (nSPS) is 56.5. The van der Waals surface area contributed by atoms with Crippen molar-refractivity contribution in [3.63, 3.8) is 0 Å². The molecule has 0 aromatic rings. The van der Waals surface area contributed by atoms with Crippen LogP contribution < -0.4 is 0 Å². The number of carboxylic acid groups (broad SMARTS) is 1. The highest BCUT2D eigenvalue weighted by molar-refractivity contribution is 5.75. The van der Waals surface area contributed by atoms with Crippen LogP contribution in [-0.2, 0) is 4.79 Å². The number of rotatable bonds is 1. The van der Waals surface area contributed by atoms with Gasteiger partial charge in [0, 0.05) is 5.41 Å². The molecule has 0 aliphatic heterocycles. The average Bonchev–Trinajstić information content (AvgIpc) is 2.68. The van der Waals surface area contributed by atoms with Gasteiger partial charge in [0.25, 0.3) is 0 Å². The van der Waals surface area contributed by atoms with E-state index >= 15 is 0 Å². The first-order valence-electron chi connectivity index (χ1n) is 9.41. The van der Waals surface area contributed by atoms with Gasteiger partial charge in [-0.3, -0.25) is 4.79 Å². The highest BCUT2D eigenvalue weighted by Gasteiger charge is 2.70. The number of aliphatic hydroxyl groups is 2. The number of hydrogen-bond donors (Lipinski definition) is 3. The van der Waals surface area contributed by atoms with Gasteiger partial charge in [-0.05, 0) is 74.7 Å². The van der Waals surface area contributed by atoms with E-state index in [1.807, 2.05) is 6.92 Å². The minimum absolute atomic E-state index is 0.00179. The van der Waals surface area contributed by atoms with Crippen molar-refractivity contribution in [1.29, 1.82) is 0 Å². The Morgan fingerprint density at radius 1 is 1.21 bits per heavy atom. The van der Waals surface area contributed by atoms with E-state index < -0.39 is 23.1 Å². The summed E-state index contributed by atoms with van der Waals surface area (Å²) in [5.41, 5.74) is -1.06. The zero-order valence-electron chi connectivity index (χ0n) is 14.8. The van der Waals surface area contributed by atoms with Crippen LogP contribution in [0.4, 0.5) is 0 Å². The van der Waals surface area contributed by atoms with Crippen molar-refractivity contribution < 1.29 is 20.1 Å². The molecule has 0 aromatic carbocycles. The lowest BCUT2D eigenvalue weighted by Crippen LogP contribution is -2.63. The third kappa shape index (κ3) is 1.74. The minimum Gasteiger partial charge on any atom is -0.481 e. The Kier molecular flexibility index (Phi) is 3.21. The van der Waals surface area contributed by atoms with Crippen LogP contribution in [0.25, 0.3) is 0 Å². The molecular weight excluding hydrogens is 304 g/mol. The average molecular weight is 334 g/mol. The predicted octanol–water partition coefficient (Wildman–Crippen LogP) is 3.13. The molecule has 0 aromatic heterocycles. The molecule has 0 radical (unpaired) electrons. The fourth-order valence-electron chi connectivity index (χ4n) is 7.50. The monoisotopic (exact) mass is 334 g/mol. The second-order valence-corrected chi connectivity index (χ2v) is 9.70. The van der Waals surface area contributed by atoms with Crippen LogP contribution >= 0.6 is 0 Å². The van der Waals surface area contributed by atoms with Crippen molar-refractivity contribution in [3.8, 4) is 0 Å². The summed E-state index contributed by atoms with van der Waals surface area (Å²) in [7, 11) is 0. The van der Waals surface area contributed by atoms with Gasteiger partial charge < -0.3 is 15.3 Å². The first-order chi connectivity index (χ1) is 11.1. The van der Waals surface area contributed by atoms with Gasteiger partial charge in [0.15, 0.2) is 0 Å². The van der Waals surface area contributed by atoms with E-state index in [-0.39, 0.29) is 22.7 Å². The van der Waals surface area contributed by atoms with Crippen LogP contribution in [0.2, 0.25) is 0 Å². The Hall–Kier alpha value is -0.870. The largest absolute Gasteiger partial charge is 0.481 e. The van der Waals surface area contributed by atoms with Gasteiger partial charge in [-0.25, -0.2) is 0 Å². The summed E-state index contributed by atoms with van der Waals surface area (Å²) in [5.74, 6) is -0.441. The molecule has 4 rings (SSSR count). The van der Waals surface area contributed by atoms with Crippen molar-refractivity contribution in [1.82, 2.24) is 0 Å². The van der Waals surface area contributed by atoms with E-state index in [2.05, 4.69) is 13.5 Å². The maximum Gasteiger partial charge on any atom is 0.309 e. The van der Waals surface area contributed by atoms with Crippen molar-refractivity contribution in [3.05, 3.63) is 12.2 Å². The van der Waals surface area contributed by atoms with Crippen molar-refractivity contribution in [2.75, 3.05) is 0 Å². The Bertz CT molecular complexity index is 615. The molecule has 3 N–H and O–H groups in total. The molecule has 0 amide bonds. The Morgan fingerprint density at radius 2 is 1.92 bits per heavy atom. The zero-order valence-corrected chi connectivity index (χ0v) is 14.8. The van der Waals surface area contributed by atoms with E-state index in [1.165, 1.54) is 0 Å². The summed E-state index contributed by atoms with van der Waals surface area (Å²) in [4.78, 5) is 12.1. The van der Waals surface area contributed by atoms with Crippen LogP contribution in [0.1, 0.15) is 65.2 Å². The lowest BCUT2D eigenvalue weighted by Gasteiger charge is -2.65. The minimum atomic E-state index is -0.814. The molecule has 4 aliphatic rings. The molecule has 24 heavy (non-hydrogen) atoms. The van der Waals surface area contributed by atoms with Crippen molar-refractivity contribution in [2.45, 2.75) is 76.9 Å². The number of aliphatic carboxylic acids is 1. The summed E-state index contributed by atoms with van der Waals surface area (Å²) < 4.78 is 0. The molecule has 0 saturated heterocycles. The third-order valence-corrected chi connectivity index (χ3v) is 8.75. The first-order valence-corrected chi connectivity index (χ1v) is 9.41. The van der Waals surface area contributed by atoms with Gasteiger partial charge in [-0.2, -0.15) is 0 Å². The number of hydrogen-bond acceptors (Lipinski definition) is 3. The Labute approximate surface area is 144 Å². The predicted molar refractivity (Wildman–Crippen MR) is 90.3 cm³/mol. The van der Waals surface area contributed by atoms with Crippen LogP contribution in [0, 0.1) is 28.1 Å². The second-order valence-electron chi connectivity index (χ2n) is 9.70. The highest BCUT2D eigenvalue weighted by Crippen LogP contribution is 2.72. The summed E-state index contributed by atoms with van der Waals surface area (Å²) in [6, 6.07) is 0. The number of fused-ring (bicyclic) bond motifs is 3. The van der Waals surface area contributed by atoms with E-state index in [9.17, 15) is 20.1 Å². The lowest BCUT2D eigenvalue weighted by molar-refractivity contribution is -0.216. The van der Waals surface area contributed by atoms with Gasteiger partial charge >= 0.3 is 5.97 Å². The van der Waals surface area contributed by atoms with Gasteiger partial charge in [0.1, 0.15) is 0 Å². The van der Waals surface area contributed by atoms with Crippen molar-refractivity contribution in [2.24, 2.45) is 28.1 Å². The molecule has 4 heteroatoms. The van der Waals surface area contributed by atoms with Crippen LogP contribution in [0.3, 0.4) is 0 Å². The van der Waals surface area contributed by atoms with Crippen LogP contribution in [-0.4, -0.2) is 33.0 Å². The molecule has 0 heterocycles. The Morgan fingerprint density at radius 3 is 2.58 bits per heavy atom. The SMILES string of the molecule is C=C1C[C@]23C[C@@]1(O)CC[C@H]2[C@]1(C)CCC[C@@](C)(C(=O)O)[C@H]1C[C@H]3O. The quantitative estimate of drug-likeness (QED) is 0.644. The topological polar surface area (TPSA) is 77.8 Å². The van der Waals surface area contributed by atoms with E-state index in [1.54, 1.807) is 0 Å². The molecule has 134 valence electrons. The number of carbonyl (C=O) groups is 1. The second kappa shape index (κ2) is 4.64. The van der Waals surface area contributed by atoms with Gasteiger partial charge in [-0.15, -0.1) is 0 Å². The summed E-state index contributed by atoms with van der Waals surface area (Å²) >= 11 is 0. The molecule has 1 spiro atoms. The van der Waals surface area contributed by atoms with E-state index in [0.717, 1.165) is 24.8 Å². The van der Waals surface area contributed by atoms with Crippen LogP contribution in [0.15, 0.2) is 12.2 Å². The maximum atomic E-state index is 12.1. The van der Waals surface area contributed by atoms with Gasteiger partial charge in [-0.1, -0.05) is 19.9 Å². The van der Waals surface area contributed by atoms with E-state index in [4.69, 9.17) is 0 Å². The molecular formula is C20H30O4. The van der Waals surface area contributed by atoms with E-state index in [0.29, 0.717) is 32.1 Å². The molecule has 0 unspecified atom stereocenters. The smallest absolute Gasteiger partial charge is 0.309 e. The van der Waals surface area contributed by atoms with Crippen LogP contribution in [0.5, 0.6) is 0 Å². The maximum absolute atomic E-state index is 12.1. The molecule has 2 bridgehead atoms. The van der Waals surface area contributed by atoms with Gasteiger partial charge in [0.2, 0.25) is 0 Å². The fourth-order valence-corrected chi connectivity index (χ4v) is 7.50. The number of carboxylic acids is 1. The third-order valence-electron chi connectivity index (χ3n) is 8.75. The highest BCUT2D eigenvalue weighted by atomic mass is 16.4. The fraction of sp³-hybridized carbons (Fsp3) is 0.850. The van der Waals surface area contributed by atoms with Crippen molar-refractivity contribution >= 4 is 5.97 Å². The summed E-state index contributed by atoms with van der Waals surface area (Å²) in [5, 5.41) is 32.0. The Balaban J connectivity index is 1.81. The summed E-state index contributed by atoms with van der Waals surface area (Å²) in [6.07, 6.45) is 5.55. The zero-order chi connectivity index (χ0) is 17.5. The molecule has 7 atom stereocenters. The molecule has 4 saturated carbocycles. The molecule has 4 aliphatic carbocycles.